The molecule has 0 heterocycles. The molecule has 0 saturated heterocycles. The zero-order valence-electron chi connectivity index (χ0n) is 9.09. The van der Waals surface area contributed by atoms with Crippen molar-refractivity contribution in [1.29, 1.82) is 0 Å². The lowest BCUT2D eigenvalue weighted by Crippen LogP contribution is -2.23. The zero-order valence-corrected chi connectivity index (χ0v) is 9.09. The Bertz CT molecular complexity index is 167. The summed E-state index contributed by atoms with van der Waals surface area (Å²) in [4.78, 5) is 11.2. The van der Waals surface area contributed by atoms with Crippen LogP contribution in [0.2, 0.25) is 0 Å². The molecule has 0 atom stereocenters. The third kappa shape index (κ3) is 9.26. The number of unbranched alkanes of at least 4 members (excludes halogenated alkanes) is 2. The van der Waals surface area contributed by atoms with Gasteiger partial charge >= 0.3 is 0 Å². The molecule has 3 nitrogen and oxygen atoms in total. The number of carbonyl (C=O) groups is 1. The molecule has 82 valence electrons. The number of nitrogens with one attached hydrogen (secondary N) is 1. The van der Waals surface area contributed by atoms with Crippen molar-refractivity contribution in [1.82, 2.24) is 5.32 Å². The minimum absolute atomic E-state index is 0.159. The minimum Gasteiger partial charge on any atom is -0.356 e. The van der Waals surface area contributed by atoms with Crippen molar-refractivity contribution < 1.29 is 4.79 Å². The summed E-state index contributed by atoms with van der Waals surface area (Å²) in [6.07, 6.45) is 8.63. The van der Waals surface area contributed by atoms with Crippen molar-refractivity contribution >= 4 is 5.91 Å². The van der Waals surface area contributed by atoms with Crippen molar-refractivity contribution in [2.24, 2.45) is 5.73 Å². The van der Waals surface area contributed by atoms with Crippen LogP contribution >= 0.6 is 0 Å². The van der Waals surface area contributed by atoms with E-state index in [-0.39, 0.29) is 5.91 Å². The van der Waals surface area contributed by atoms with Gasteiger partial charge in [-0.05, 0) is 32.7 Å². The van der Waals surface area contributed by atoms with Crippen molar-refractivity contribution in [3.8, 4) is 0 Å². The fraction of sp³-hybridized carbons (Fsp3) is 0.727. The Kier molecular flexibility index (Phi) is 9.64. The molecule has 0 aliphatic rings. The van der Waals surface area contributed by atoms with Crippen molar-refractivity contribution in [3.05, 3.63) is 12.2 Å². The number of carbonyl (C=O) groups excluding carboxylic acids is 1. The van der Waals surface area contributed by atoms with Crippen LogP contribution in [0.15, 0.2) is 12.2 Å². The van der Waals surface area contributed by atoms with Gasteiger partial charge in [-0.2, -0.15) is 0 Å². The van der Waals surface area contributed by atoms with Gasteiger partial charge in [-0.25, -0.2) is 0 Å². The predicted octanol–water partition coefficient (Wildman–Crippen LogP) is 1.59. The van der Waals surface area contributed by atoms with E-state index in [4.69, 9.17) is 5.73 Å². The van der Waals surface area contributed by atoms with Crippen molar-refractivity contribution in [2.75, 3.05) is 13.1 Å². The van der Waals surface area contributed by atoms with Crippen LogP contribution in [-0.4, -0.2) is 19.0 Å². The molecular formula is C11H22N2O. The average molecular weight is 198 g/mol. The number of nitrogens with two attached hydrogens (primary N) is 1. The van der Waals surface area contributed by atoms with E-state index in [1.807, 2.05) is 13.0 Å². The first-order valence-electron chi connectivity index (χ1n) is 5.39. The average Bonchev–Trinajstić information content (AvgIpc) is 2.19. The van der Waals surface area contributed by atoms with E-state index < -0.39 is 0 Å². The van der Waals surface area contributed by atoms with Gasteiger partial charge in [0.25, 0.3) is 0 Å². The lowest BCUT2D eigenvalue weighted by molar-refractivity contribution is -0.121. The van der Waals surface area contributed by atoms with Gasteiger partial charge in [0.2, 0.25) is 5.91 Å². The van der Waals surface area contributed by atoms with Gasteiger partial charge in [-0.1, -0.05) is 18.6 Å². The molecule has 0 radical (unpaired) electrons. The smallest absolute Gasteiger partial charge is 0.220 e. The van der Waals surface area contributed by atoms with Gasteiger partial charge in [-0.3, -0.25) is 4.79 Å². The van der Waals surface area contributed by atoms with Gasteiger partial charge in [0.1, 0.15) is 0 Å². The summed E-state index contributed by atoms with van der Waals surface area (Å²) in [6.45, 7) is 3.46. The summed E-state index contributed by atoms with van der Waals surface area (Å²) in [5.41, 5.74) is 5.35. The normalized spacial score (nSPS) is 10.7. The molecule has 0 unspecified atom stereocenters. The van der Waals surface area contributed by atoms with E-state index in [2.05, 4.69) is 11.4 Å². The maximum absolute atomic E-state index is 11.2. The minimum atomic E-state index is 0.159. The molecule has 0 fully saturated rings. The quantitative estimate of drug-likeness (QED) is 0.459. The molecule has 3 heteroatoms. The number of allylic oxidation sites excluding steroid dienone is 1. The number of amides is 1. The van der Waals surface area contributed by atoms with E-state index in [1.165, 1.54) is 0 Å². The molecule has 0 saturated carbocycles. The summed E-state index contributed by atoms with van der Waals surface area (Å²) in [6, 6.07) is 0. The molecule has 14 heavy (non-hydrogen) atoms. The van der Waals surface area contributed by atoms with Crippen LogP contribution in [0.5, 0.6) is 0 Å². The van der Waals surface area contributed by atoms with E-state index >= 15 is 0 Å². The highest BCUT2D eigenvalue weighted by atomic mass is 16.1. The Morgan fingerprint density at radius 3 is 2.79 bits per heavy atom. The first-order chi connectivity index (χ1) is 6.81. The maximum Gasteiger partial charge on any atom is 0.220 e. The second-order valence-corrected chi connectivity index (χ2v) is 3.31. The summed E-state index contributed by atoms with van der Waals surface area (Å²) in [7, 11) is 0. The lowest BCUT2D eigenvalue weighted by atomic mass is 10.2. The SMILES string of the molecule is C/C=C/CCNC(=O)CCCCCN. The molecule has 0 aromatic carbocycles. The summed E-state index contributed by atoms with van der Waals surface area (Å²) in [5, 5.41) is 2.87. The van der Waals surface area contributed by atoms with Gasteiger partial charge in [-0.15, -0.1) is 0 Å². The molecule has 0 aromatic heterocycles. The Morgan fingerprint density at radius 1 is 1.36 bits per heavy atom. The molecule has 0 spiro atoms. The predicted molar refractivity (Wildman–Crippen MR) is 60.0 cm³/mol. The molecule has 3 N–H and O–H groups in total. The third-order valence-corrected chi connectivity index (χ3v) is 1.98. The largest absolute Gasteiger partial charge is 0.356 e. The molecule has 0 aliphatic carbocycles. The van der Waals surface area contributed by atoms with Crippen LogP contribution in [0.1, 0.15) is 39.0 Å². The van der Waals surface area contributed by atoms with E-state index in [0.717, 1.165) is 38.8 Å². The van der Waals surface area contributed by atoms with Gasteiger partial charge in [0.15, 0.2) is 0 Å². The van der Waals surface area contributed by atoms with E-state index in [0.29, 0.717) is 6.42 Å². The van der Waals surface area contributed by atoms with Crippen LogP contribution in [0.3, 0.4) is 0 Å². The zero-order chi connectivity index (χ0) is 10.6. The van der Waals surface area contributed by atoms with Crippen LogP contribution < -0.4 is 11.1 Å². The molecule has 1 amide bonds. The molecule has 0 aromatic rings. The van der Waals surface area contributed by atoms with Crippen molar-refractivity contribution in [2.45, 2.75) is 39.0 Å². The topological polar surface area (TPSA) is 55.1 Å². The third-order valence-electron chi connectivity index (χ3n) is 1.98. The standard InChI is InChI=1S/C11H22N2O/c1-2-3-7-10-13-11(14)8-5-4-6-9-12/h2-3H,4-10,12H2,1H3,(H,13,14)/b3-2+. The van der Waals surface area contributed by atoms with Crippen LogP contribution in [0.4, 0.5) is 0 Å². The van der Waals surface area contributed by atoms with E-state index in [1.54, 1.807) is 0 Å². The Balaban J connectivity index is 3.19. The van der Waals surface area contributed by atoms with E-state index in [9.17, 15) is 4.79 Å². The maximum atomic E-state index is 11.2. The summed E-state index contributed by atoms with van der Waals surface area (Å²) in [5.74, 6) is 0.159. The van der Waals surface area contributed by atoms with Crippen LogP contribution in [-0.2, 0) is 4.79 Å². The molecule has 0 aliphatic heterocycles. The summed E-state index contributed by atoms with van der Waals surface area (Å²) >= 11 is 0. The number of hydrogen-bond acceptors (Lipinski definition) is 2. The second-order valence-electron chi connectivity index (χ2n) is 3.31. The van der Waals surface area contributed by atoms with Gasteiger partial charge in [0.05, 0.1) is 0 Å². The molecular weight excluding hydrogens is 176 g/mol. The first-order valence-corrected chi connectivity index (χ1v) is 5.39. The van der Waals surface area contributed by atoms with Crippen LogP contribution in [0.25, 0.3) is 0 Å². The van der Waals surface area contributed by atoms with Gasteiger partial charge in [0, 0.05) is 13.0 Å². The van der Waals surface area contributed by atoms with Crippen molar-refractivity contribution in [3.63, 3.8) is 0 Å². The highest BCUT2D eigenvalue weighted by Gasteiger charge is 1.98. The molecule has 0 bridgehead atoms. The number of rotatable bonds is 8. The fourth-order valence-electron chi connectivity index (χ4n) is 1.16. The van der Waals surface area contributed by atoms with Gasteiger partial charge < -0.3 is 11.1 Å². The number of hydrogen-bond donors (Lipinski definition) is 2. The Hall–Kier alpha value is -0.830. The lowest BCUT2D eigenvalue weighted by Gasteiger charge is -2.02. The summed E-state index contributed by atoms with van der Waals surface area (Å²) < 4.78 is 0. The second kappa shape index (κ2) is 10.3. The highest BCUT2D eigenvalue weighted by Crippen LogP contribution is 1.98. The molecule has 0 rings (SSSR count). The monoisotopic (exact) mass is 198 g/mol. The Morgan fingerprint density at radius 2 is 2.14 bits per heavy atom. The Labute approximate surface area is 86.8 Å². The van der Waals surface area contributed by atoms with Crippen LogP contribution in [0, 0.1) is 0 Å². The first kappa shape index (κ1) is 13.2. The fourth-order valence-corrected chi connectivity index (χ4v) is 1.16. The highest BCUT2D eigenvalue weighted by molar-refractivity contribution is 5.75.